The van der Waals surface area contributed by atoms with Crippen LogP contribution in [0.15, 0.2) is 61.6 Å². The Morgan fingerprint density at radius 3 is 2.61 bits per heavy atom. The lowest BCUT2D eigenvalue weighted by atomic mass is 10.0. The van der Waals surface area contributed by atoms with E-state index in [1.165, 1.54) is 12.4 Å². The van der Waals surface area contributed by atoms with Crippen molar-refractivity contribution in [3.8, 4) is 0 Å². The molecule has 0 radical (unpaired) electrons. The van der Waals surface area contributed by atoms with Crippen LogP contribution in [0.1, 0.15) is 59.7 Å². The van der Waals surface area contributed by atoms with Crippen molar-refractivity contribution in [2.45, 2.75) is 38.6 Å². The zero-order valence-corrected chi connectivity index (χ0v) is 21.6. The van der Waals surface area contributed by atoms with Gasteiger partial charge in [-0.15, -0.1) is 0 Å². The van der Waals surface area contributed by atoms with Crippen molar-refractivity contribution in [2.75, 3.05) is 29.5 Å². The molecule has 1 fully saturated rings. The van der Waals surface area contributed by atoms with Crippen LogP contribution in [-0.4, -0.2) is 56.5 Å². The Bertz CT molecular complexity index is 1350. The number of nitrogens with zero attached hydrogens (tertiary/aromatic N) is 4. The molecule has 0 aliphatic carbocycles. The summed E-state index contributed by atoms with van der Waals surface area (Å²) in [5, 5.41) is 15.0. The number of anilines is 3. The SMILES string of the molecule is C=CC(=O)N1CCCC(Nc2ncnc(N)c2C(=N)c2ccc(C(=O)Nc3cc(C(C)C)ccn3)cc2)C1. The first kappa shape index (κ1) is 26.5. The fraction of sp³-hybridized carbons (Fsp3) is 0.286. The lowest BCUT2D eigenvalue weighted by Crippen LogP contribution is -2.44. The third-order valence-electron chi connectivity index (χ3n) is 6.50. The van der Waals surface area contributed by atoms with Gasteiger partial charge in [-0.25, -0.2) is 15.0 Å². The van der Waals surface area contributed by atoms with Gasteiger partial charge >= 0.3 is 0 Å². The number of nitrogen functional groups attached to an aromatic ring is 1. The first-order valence-electron chi connectivity index (χ1n) is 12.5. The summed E-state index contributed by atoms with van der Waals surface area (Å²) in [6.45, 7) is 8.90. The van der Waals surface area contributed by atoms with Crippen molar-refractivity contribution >= 4 is 35.0 Å². The number of carbonyl (C=O) groups excluding carboxylic acids is 2. The Hall–Kier alpha value is -4.60. The molecule has 1 saturated heterocycles. The molecule has 1 unspecified atom stereocenters. The van der Waals surface area contributed by atoms with E-state index >= 15 is 0 Å². The molecule has 0 spiro atoms. The van der Waals surface area contributed by atoms with Gasteiger partial charge in [0.2, 0.25) is 5.91 Å². The molecule has 1 aromatic carbocycles. The molecule has 2 aromatic heterocycles. The van der Waals surface area contributed by atoms with Crippen LogP contribution in [0.25, 0.3) is 0 Å². The molecule has 38 heavy (non-hydrogen) atoms. The predicted octanol–water partition coefficient (Wildman–Crippen LogP) is 3.83. The van der Waals surface area contributed by atoms with Crippen LogP contribution in [0, 0.1) is 5.41 Å². The van der Waals surface area contributed by atoms with Crippen LogP contribution < -0.4 is 16.4 Å². The summed E-state index contributed by atoms with van der Waals surface area (Å²) in [7, 11) is 0. The molecule has 0 saturated carbocycles. The Labute approximate surface area is 221 Å². The fourth-order valence-corrected chi connectivity index (χ4v) is 4.37. The third kappa shape index (κ3) is 6.03. The summed E-state index contributed by atoms with van der Waals surface area (Å²) in [4.78, 5) is 39.2. The molecule has 10 nitrogen and oxygen atoms in total. The molecule has 4 rings (SSSR count). The number of hydrogen-bond acceptors (Lipinski definition) is 8. The molecule has 2 amide bonds. The van der Waals surface area contributed by atoms with Crippen LogP contribution in [-0.2, 0) is 4.79 Å². The molecule has 1 aliphatic heterocycles. The number of rotatable bonds is 8. The first-order chi connectivity index (χ1) is 18.3. The van der Waals surface area contributed by atoms with Crippen LogP contribution in [0.3, 0.4) is 0 Å². The number of pyridine rings is 1. The minimum Gasteiger partial charge on any atom is -0.383 e. The zero-order chi connectivity index (χ0) is 27.2. The molecule has 1 atom stereocenters. The second-order valence-electron chi connectivity index (χ2n) is 9.49. The molecule has 5 N–H and O–H groups in total. The molecule has 3 heterocycles. The second-order valence-corrected chi connectivity index (χ2v) is 9.49. The highest BCUT2D eigenvalue weighted by atomic mass is 16.2. The fourth-order valence-electron chi connectivity index (χ4n) is 4.37. The van der Waals surface area contributed by atoms with Crippen LogP contribution in [0.4, 0.5) is 17.5 Å². The maximum absolute atomic E-state index is 12.8. The first-order valence-corrected chi connectivity index (χ1v) is 12.5. The van der Waals surface area contributed by atoms with Gasteiger partial charge in [-0.3, -0.25) is 15.0 Å². The zero-order valence-electron chi connectivity index (χ0n) is 21.6. The minimum absolute atomic E-state index is 0.0534. The monoisotopic (exact) mass is 512 g/mol. The van der Waals surface area contributed by atoms with Crippen molar-refractivity contribution < 1.29 is 9.59 Å². The van der Waals surface area contributed by atoms with Crippen molar-refractivity contribution in [2.24, 2.45) is 0 Å². The molecule has 3 aromatic rings. The highest BCUT2D eigenvalue weighted by Crippen LogP contribution is 2.25. The number of benzene rings is 1. The highest BCUT2D eigenvalue weighted by molar-refractivity contribution is 6.16. The second kappa shape index (κ2) is 11.6. The number of amides is 2. The van der Waals surface area contributed by atoms with Gasteiger partial charge in [0.1, 0.15) is 23.8 Å². The summed E-state index contributed by atoms with van der Waals surface area (Å²) >= 11 is 0. The van der Waals surface area contributed by atoms with Crippen molar-refractivity contribution in [3.63, 3.8) is 0 Å². The summed E-state index contributed by atoms with van der Waals surface area (Å²) < 4.78 is 0. The summed E-state index contributed by atoms with van der Waals surface area (Å²) in [5.74, 6) is 0.994. The minimum atomic E-state index is -0.294. The van der Waals surface area contributed by atoms with Crippen molar-refractivity contribution in [1.29, 1.82) is 5.41 Å². The van der Waals surface area contributed by atoms with Gasteiger partial charge in [0, 0.05) is 36.5 Å². The van der Waals surface area contributed by atoms with Gasteiger partial charge in [-0.2, -0.15) is 0 Å². The van der Waals surface area contributed by atoms with E-state index < -0.39 is 0 Å². The molecule has 196 valence electrons. The average molecular weight is 513 g/mol. The topological polar surface area (TPSA) is 150 Å². The van der Waals surface area contributed by atoms with E-state index in [4.69, 9.17) is 11.1 Å². The average Bonchev–Trinajstić information content (AvgIpc) is 2.92. The molecular formula is C28H32N8O2. The summed E-state index contributed by atoms with van der Waals surface area (Å²) in [6.07, 6.45) is 6.02. The lowest BCUT2D eigenvalue weighted by Gasteiger charge is -2.33. The van der Waals surface area contributed by atoms with Gasteiger partial charge in [0.15, 0.2) is 0 Å². The number of piperidine rings is 1. The largest absolute Gasteiger partial charge is 0.383 e. The van der Waals surface area contributed by atoms with Crippen molar-refractivity contribution in [3.05, 3.63) is 83.8 Å². The van der Waals surface area contributed by atoms with E-state index in [1.54, 1.807) is 35.4 Å². The predicted molar refractivity (Wildman–Crippen MR) is 149 cm³/mol. The number of nitrogens with one attached hydrogen (secondary N) is 3. The highest BCUT2D eigenvalue weighted by Gasteiger charge is 2.25. The van der Waals surface area contributed by atoms with Crippen LogP contribution in [0.2, 0.25) is 0 Å². The summed E-state index contributed by atoms with van der Waals surface area (Å²) in [5.41, 5.74) is 8.74. The molecular weight excluding hydrogens is 480 g/mol. The normalized spacial score (nSPS) is 15.1. The van der Waals surface area contributed by atoms with Crippen LogP contribution in [0.5, 0.6) is 0 Å². The maximum Gasteiger partial charge on any atom is 0.256 e. The van der Waals surface area contributed by atoms with Crippen molar-refractivity contribution in [1.82, 2.24) is 19.9 Å². The standard InChI is InChI=1S/C28H32N8O2/c1-4-23(37)36-13-5-6-21(15-36)34-27-24(26(30)32-16-33-27)25(29)18-7-9-19(10-8-18)28(38)35-22-14-20(17(2)3)11-12-31-22/h4,7-12,14,16-17,21,29H,1,5-6,13,15H2,2-3H3,(H,31,35,38)(H3,30,32,33,34). The number of carbonyl (C=O) groups is 2. The smallest absolute Gasteiger partial charge is 0.256 e. The van der Waals surface area contributed by atoms with E-state index in [2.05, 4.69) is 46.0 Å². The number of nitrogens with two attached hydrogens (primary N) is 1. The summed E-state index contributed by atoms with van der Waals surface area (Å²) in [6, 6.07) is 10.4. The third-order valence-corrected chi connectivity index (χ3v) is 6.50. The molecule has 0 bridgehead atoms. The Balaban J connectivity index is 1.49. The molecule has 10 heteroatoms. The van der Waals surface area contributed by atoms with Gasteiger partial charge in [0.25, 0.3) is 5.91 Å². The Morgan fingerprint density at radius 1 is 1.16 bits per heavy atom. The Kier molecular flexibility index (Phi) is 8.10. The van der Waals surface area contributed by atoms with E-state index in [0.29, 0.717) is 47.3 Å². The quantitative estimate of drug-likeness (QED) is 0.264. The number of hydrogen-bond donors (Lipinski definition) is 4. The maximum atomic E-state index is 12.8. The molecule has 1 aliphatic rings. The van der Waals surface area contributed by atoms with Crippen LogP contribution >= 0.6 is 0 Å². The lowest BCUT2D eigenvalue weighted by molar-refractivity contribution is -0.127. The van der Waals surface area contributed by atoms with Gasteiger partial charge in [-0.1, -0.05) is 32.6 Å². The number of aromatic nitrogens is 3. The van der Waals surface area contributed by atoms with E-state index in [-0.39, 0.29) is 29.4 Å². The van der Waals surface area contributed by atoms with E-state index in [9.17, 15) is 9.59 Å². The van der Waals surface area contributed by atoms with Gasteiger partial charge < -0.3 is 21.3 Å². The number of likely N-dealkylation sites (tertiary alicyclic amines) is 1. The van der Waals surface area contributed by atoms with Gasteiger partial charge in [-0.05, 0) is 54.7 Å². The van der Waals surface area contributed by atoms with E-state index in [0.717, 1.165) is 18.4 Å². The Morgan fingerprint density at radius 2 is 1.89 bits per heavy atom. The van der Waals surface area contributed by atoms with E-state index in [1.807, 2.05) is 12.1 Å². The van der Waals surface area contributed by atoms with Gasteiger partial charge in [0.05, 0.1) is 11.3 Å².